The molecule has 1 aromatic heterocycles. The summed E-state index contributed by atoms with van der Waals surface area (Å²) >= 11 is 0.970. The van der Waals surface area contributed by atoms with Gasteiger partial charge in [0.05, 0.1) is 4.91 Å². The molecular weight excluding hydrogens is 386 g/mol. The largest absolute Gasteiger partial charge is 0.338 e. The summed E-state index contributed by atoms with van der Waals surface area (Å²) in [6.07, 6.45) is 6.97. The Morgan fingerprint density at radius 3 is 2.76 bits per heavy atom. The third kappa shape index (κ3) is 3.71. The van der Waals surface area contributed by atoms with Crippen LogP contribution >= 0.6 is 11.8 Å². The molecular formula is C22H25N3O3S. The van der Waals surface area contributed by atoms with Crippen LogP contribution in [0.4, 0.5) is 4.79 Å². The Kier molecular flexibility index (Phi) is 5.50. The van der Waals surface area contributed by atoms with E-state index < -0.39 is 0 Å². The number of nitrogens with zero attached hydrogens (tertiary/aromatic N) is 3. The average Bonchev–Trinajstić information content (AvgIpc) is 3.19. The molecule has 152 valence electrons. The van der Waals surface area contributed by atoms with Crippen molar-refractivity contribution in [2.45, 2.75) is 45.7 Å². The van der Waals surface area contributed by atoms with Gasteiger partial charge in [0, 0.05) is 41.8 Å². The third-order valence-electron chi connectivity index (χ3n) is 5.72. The van der Waals surface area contributed by atoms with Crippen molar-refractivity contribution in [3.05, 3.63) is 40.9 Å². The van der Waals surface area contributed by atoms with Gasteiger partial charge in [-0.05, 0) is 57.0 Å². The number of amides is 3. The number of aromatic nitrogens is 1. The number of carbonyl (C=O) groups excluding carboxylic acids is 3. The minimum absolute atomic E-state index is 0.121. The first-order chi connectivity index (χ1) is 14.0. The fourth-order valence-corrected chi connectivity index (χ4v) is 5.03. The number of carbonyl (C=O) groups is 3. The van der Waals surface area contributed by atoms with E-state index in [1.165, 1.54) is 11.3 Å². The Hall–Kier alpha value is -2.54. The molecule has 3 heterocycles. The van der Waals surface area contributed by atoms with E-state index in [1.807, 2.05) is 39.9 Å². The van der Waals surface area contributed by atoms with Crippen LogP contribution in [0.25, 0.3) is 17.0 Å². The summed E-state index contributed by atoms with van der Waals surface area (Å²) in [7, 11) is 0. The lowest BCUT2D eigenvalue weighted by Gasteiger charge is -2.33. The molecule has 0 radical (unpaired) electrons. The standard InChI is InChI=1S/C22H25N3O3S/c1-3-24-21(27)19(29-22(24)28)12-16-13-23(18-10-5-4-9-17(16)18)14-20(26)25-11-7-6-8-15(25)2/h4-5,9-10,12-13,15H,3,6-8,11,14H2,1-2H3/b19-12-/t15-/m1/s1. The predicted octanol–water partition coefficient (Wildman–Crippen LogP) is 4.10. The molecule has 2 aromatic rings. The summed E-state index contributed by atoms with van der Waals surface area (Å²) in [6, 6.07) is 8.13. The highest BCUT2D eigenvalue weighted by atomic mass is 32.2. The van der Waals surface area contributed by atoms with Crippen molar-refractivity contribution in [1.29, 1.82) is 0 Å². The molecule has 1 atom stereocenters. The van der Waals surface area contributed by atoms with Gasteiger partial charge in [-0.15, -0.1) is 0 Å². The van der Waals surface area contributed by atoms with Crippen LogP contribution < -0.4 is 0 Å². The van der Waals surface area contributed by atoms with Gasteiger partial charge in [-0.1, -0.05) is 18.2 Å². The number of rotatable bonds is 4. The van der Waals surface area contributed by atoms with Crippen molar-refractivity contribution in [2.75, 3.05) is 13.1 Å². The minimum Gasteiger partial charge on any atom is -0.338 e. The summed E-state index contributed by atoms with van der Waals surface area (Å²) in [6.45, 7) is 5.36. The SMILES string of the molecule is CCN1C(=O)S/C(=C\c2cn(CC(=O)N3CCCC[C@H]3C)c3ccccc23)C1=O. The first-order valence-electron chi connectivity index (χ1n) is 10.1. The van der Waals surface area contributed by atoms with E-state index in [0.29, 0.717) is 11.4 Å². The third-order valence-corrected chi connectivity index (χ3v) is 6.63. The zero-order chi connectivity index (χ0) is 20.5. The number of imide groups is 1. The van der Waals surface area contributed by atoms with Gasteiger partial charge in [0.15, 0.2) is 0 Å². The molecule has 0 unspecified atom stereocenters. The smallest absolute Gasteiger partial charge is 0.293 e. The van der Waals surface area contributed by atoms with E-state index >= 15 is 0 Å². The summed E-state index contributed by atoms with van der Waals surface area (Å²) in [5.74, 6) is -0.131. The first-order valence-corrected chi connectivity index (χ1v) is 10.9. The molecule has 2 fully saturated rings. The van der Waals surface area contributed by atoms with Crippen LogP contribution in [0.3, 0.4) is 0 Å². The highest BCUT2D eigenvalue weighted by molar-refractivity contribution is 8.18. The van der Waals surface area contributed by atoms with Crippen molar-refractivity contribution in [1.82, 2.24) is 14.4 Å². The van der Waals surface area contributed by atoms with Crippen LogP contribution in [0.15, 0.2) is 35.4 Å². The molecule has 2 aliphatic rings. The number of hydrogen-bond acceptors (Lipinski definition) is 4. The topological polar surface area (TPSA) is 62.6 Å². The second kappa shape index (κ2) is 8.06. The van der Waals surface area contributed by atoms with Crippen LogP contribution in [-0.2, 0) is 16.1 Å². The Bertz CT molecular complexity index is 1010. The van der Waals surface area contributed by atoms with Gasteiger partial charge in [-0.25, -0.2) is 0 Å². The number of para-hydroxylation sites is 1. The quantitative estimate of drug-likeness (QED) is 0.711. The Labute approximate surface area is 174 Å². The Morgan fingerprint density at radius 2 is 2.03 bits per heavy atom. The lowest BCUT2D eigenvalue weighted by molar-refractivity contribution is -0.135. The molecule has 0 spiro atoms. The van der Waals surface area contributed by atoms with Gasteiger partial charge in [-0.2, -0.15) is 0 Å². The van der Waals surface area contributed by atoms with Crippen molar-refractivity contribution in [2.24, 2.45) is 0 Å². The molecule has 0 saturated carbocycles. The molecule has 1 aromatic carbocycles. The number of benzene rings is 1. The van der Waals surface area contributed by atoms with E-state index in [1.54, 1.807) is 13.0 Å². The lowest BCUT2D eigenvalue weighted by atomic mass is 10.0. The van der Waals surface area contributed by atoms with Crippen LogP contribution in [0.5, 0.6) is 0 Å². The second-order valence-corrected chi connectivity index (χ2v) is 8.58. The van der Waals surface area contributed by atoms with Gasteiger partial charge in [-0.3, -0.25) is 19.3 Å². The zero-order valence-corrected chi connectivity index (χ0v) is 17.6. The molecule has 29 heavy (non-hydrogen) atoms. The van der Waals surface area contributed by atoms with Gasteiger partial charge in [0.25, 0.3) is 11.1 Å². The van der Waals surface area contributed by atoms with Crippen LogP contribution in [-0.4, -0.2) is 50.6 Å². The van der Waals surface area contributed by atoms with E-state index in [0.717, 1.165) is 47.6 Å². The van der Waals surface area contributed by atoms with Crippen molar-refractivity contribution >= 4 is 45.8 Å². The van der Waals surface area contributed by atoms with E-state index in [-0.39, 0.29) is 29.6 Å². The maximum Gasteiger partial charge on any atom is 0.293 e. The number of hydrogen-bond donors (Lipinski definition) is 0. The lowest BCUT2D eigenvalue weighted by Crippen LogP contribution is -2.43. The molecule has 2 saturated heterocycles. The average molecular weight is 412 g/mol. The van der Waals surface area contributed by atoms with Crippen molar-refractivity contribution < 1.29 is 14.4 Å². The van der Waals surface area contributed by atoms with Crippen LogP contribution in [0.2, 0.25) is 0 Å². The molecule has 6 nitrogen and oxygen atoms in total. The number of likely N-dealkylation sites (N-methyl/N-ethyl adjacent to an activating group) is 1. The molecule has 4 rings (SSSR count). The van der Waals surface area contributed by atoms with Crippen molar-refractivity contribution in [3.63, 3.8) is 0 Å². The number of piperidine rings is 1. The zero-order valence-electron chi connectivity index (χ0n) is 16.8. The second-order valence-electron chi connectivity index (χ2n) is 7.59. The Morgan fingerprint density at radius 1 is 1.24 bits per heavy atom. The van der Waals surface area contributed by atoms with E-state index in [4.69, 9.17) is 0 Å². The van der Waals surface area contributed by atoms with Gasteiger partial charge in [0.2, 0.25) is 5.91 Å². The monoisotopic (exact) mass is 411 g/mol. The highest BCUT2D eigenvalue weighted by Gasteiger charge is 2.34. The summed E-state index contributed by atoms with van der Waals surface area (Å²) in [5, 5.41) is 0.733. The molecule has 0 bridgehead atoms. The van der Waals surface area contributed by atoms with E-state index in [9.17, 15) is 14.4 Å². The number of likely N-dealkylation sites (tertiary alicyclic amines) is 1. The summed E-state index contributed by atoms with van der Waals surface area (Å²) in [5.41, 5.74) is 1.80. The molecule has 0 aliphatic carbocycles. The summed E-state index contributed by atoms with van der Waals surface area (Å²) in [4.78, 5) is 41.1. The number of thioether (sulfide) groups is 1. The minimum atomic E-state index is -0.252. The number of fused-ring (bicyclic) bond motifs is 1. The van der Waals surface area contributed by atoms with Gasteiger partial charge in [0.1, 0.15) is 6.54 Å². The fraction of sp³-hybridized carbons (Fsp3) is 0.409. The molecule has 3 amide bonds. The van der Waals surface area contributed by atoms with E-state index in [2.05, 4.69) is 6.92 Å². The fourth-order valence-electron chi connectivity index (χ4n) is 4.14. The molecule has 0 N–H and O–H groups in total. The molecule has 7 heteroatoms. The normalized spacial score (nSPS) is 21.6. The maximum absolute atomic E-state index is 12.9. The predicted molar refractivity (Wildman–Crippen MR) is 115 cm³/mol. The van der Waals surface area contributed by atoms with Crippen molar-refractivity contribution in [3.8, 4) is 0 Å². The first kappa shape index (κ1) is 19.8. The van der Waals surface area contributed by atoms with Crippen LogP contribution in [0.1, 0.15) is 38.7 Å². The summed E-state index contributed by atoms with van der Waals surface area (Å²) < 4.78 is 1.95. The van der Waals surface area contributed by atoms with Gasteiger partial charge < -0.3 is 9.47 Å². The molecule has 2 aliphatic heterocycles. The Balaban J connectivity index is 1.66. The van der Waals surface area contributed by atoms with Gasteiger partial charge >= 0.3 is 0 Å². The highest BCUT2D eigenvalue weighted by Crippen LogP contribution is 2.34. The maximum atomic E-state index is 12.9. The van der Waals surface area contributed by atoms with Crippen LogP contribution in [0, 0.1) is 0 Å².